The van der Waals surface area contributed by atoms with E-state index in [-0.39, 0.29) is 17.4 Å². The van der Waals surface area contributed by atoms with Crippen LogP contribution in [0.2, 0.25) is 0 Å². The molecule has 70 valence electrons. The van der Waals surface area contributed by atoms with Crippen molar-refractivity contribution in [3.05, 3.63) is 13.8 Å². The predicted octanol–water partition coefficient (Wildman–Crippen LogP) is 3.38. The smallest absolute Gasteiger partial charge is 0.344 e. The normalized spacial score (nSPS) is 9.92. The third kappa shape index (κ3) is 22.5. The predicted molar refractivity (Wildman–Crippen MR) is 49.6 cm³/mol. The van der Waals surface area contributed by atoms with Crippen molar-refractivity contribution in [2.75, 3.05) is 0 Å². The van der Waals surface area contributed by atoms with Crippen LogP contribution >= 0.6 is 0 Å². The van der Waals surface area contributed by atoms with Gasteiger partial charge in [-0.15, -0.1) is 0 Å². The summed E-state index contributed by atoms with van der Waals surface area (Å²) in [6.45, 7) is 11.4. The molecule has 1 nitrogen and oxygen atoms in total. The van der Waals surface area contributed by atoms with Crippen LogP contribution in [0.3, 0.4) is 0 Å². The van der Waals surface area contributed by atoms with E-state index in [2.05, 4.69) is 26.8 Å². The minimum absolute atomic E-state index is 0. The van der Waals surface area contributed by atoms with Gasteiger partial charge in [-0.1, -0.05) is 26.7 Å². The minimum Gasteiger partial charge on any atom is -0.344 e. The summed E-state index contributed by atoms with van der Waals surface area (Å²) in [5.41, 5.74) is 0. The van der Waals surface area contributed by atoms with Crippen LogP contribution in [0.15, 0.2) is 0 Å². The van der Waals surface area contributed by atoms with Crippen LogP contribution in [-0.4, -0.2) is 0 Å². The molecule has 1 atom stereocenters. The topological polar surface area (TPSA) is 23.8 Å². The Hall–Kier alpha value is 0.0225. The molecule has 0 aromatic carbocycles. The van der Waals surface area contributed by atoms with E-state index >= 15 is 0 Å². The van der Waals surface area contributed by atoms with E-state index in [0.29, 0.717) is 12.3 Å². The number of hydrogen-bond acceptors (Lipinski definition) is 1. The van der Waals surface area contributed by atoms with Crippen molar-refractivity contribution in [1.82, 2.24) is 0 Å². The second-order valence-electron chi connectivity index (χ2n) is 2.52. The van der Waals surface area contributed by atoms with Gasteiger partial charge in [-0.3, -0.25) is 0 Å². The van der Waals surface area contributed by atoms with Gasteiger partial charge in [0.1, 0.15) is 0 Å². The maximum absolute atomic E-state index is 8.17. The van der Waals surface area contributed by atoms with Crippen molar-refractivity contribution in [3.8, 4) is 6.07 Å². The molecule has 0 spiro atoms. The van der Waals surface area contributed by atoms with Crippen LogP contribution in [0.5, 0.6) is 0 Å². The number of rotatable bonds is 3. The molecule has 0 saturated carbocycles. The summed E-state index contributed by atoms with van der Waals surface area (Å²) in [7, 11) is 0. The minimum atomic E-state index is 0. The Kier molecular flexibility index (Phi) is 25.7. The molecule has 0 aliphatic rings. The van der Waals surface area contributed by atoms with Crippen molar-refractivity contribution in [2.24, 2.45) is 5.92 Å². The average molecular weight is 205 g/mol. The second kappa shape index (κ2) is 17.2. The summed E-state index contributed by atoms with van der Waals surface area (Å²) < 4.78 is 0. The third-order valence-electron chi connectivity index (χ3n) is 1.08. The largest absolute Gasteiger partial charge is 2.00 e. The van der Waals surface area contributed by atoms with Gasteiger partial charge < -0.3 is 13.8 Å². The van der Waals surface area contributed by atoms with Gasteiger partial charge in [0, 0.05) is 6.42 Å². The van der Waals surface area contributed by atoms with E-state index in [1.165, 1.54) is 0 Å². The summed E-state index contributed by atoms with van der Waals surface area (Å²) in [6.07, 6.45) is 3.82. The van der Waals surface area contributed by atoms with Gasteiger partial charge in [0.05, 0.1) is 6.07 Å². The van der Waals surface area contributed by atoms with Gasteiger partial charge in [0.25, 0.3) is 0 Å². The Bertz CT molecular complexity index is 96.5. The first kappa shape index (κ1) is 17.9. The zero-order valence-electron chi connectivity index (χ0n) is 8.18. The first-order valence-corrected chi connectivity index (χ1v) is 4.22. The van der Waals surface area contributed by atoms with Crippen LogP contribution in [0.25, 0.3) is 0 Å². The van der Waals surface area contributed by atoms with Gasteiger partial charge in [-0.2, -0.15) is 17.6 Å². The second-order valence-corrected chi connectivity index (χ2v) is 2.52. The number of nitrogens with zero attached hydrogens (tertiary/aromatic N) is 1. The molecule has 2 heteroatoms. The molecule has 12 heavy (non-hydrogen) atoms. The number of nitriles is 1. The van der Waals surface area contributed by atoms with E-state index in [9.17, 15) is 0 Å². The summed E-state index contributed by atoms with van der Waals surface area (Å²) in [4.78, 5) is 0. The number of hydrogen-bond donors (Lipinski definition) is 0. The standard InChI is InChI=1S/C7H12N.C3H7.Cr/c1-3-4-7(2)5-6-8;1-3-2;/h7H,2-5H2,1H3;1,3H2,2H3;/q2*-1;+2. The first-order chi connectivity index (χ1) is 5.22. The molecular formula is C10H19CrN. The van der Waals surface area contributed by atoms with Crippen LogP contribution in [-0.2, 0) is 17.4 Å². The van der Waals surface area contributed by atoms with Crippen LogP contribution in [0.1, 0.15) is 39.5 Å². The molecule has 0 N–H and O–H groups in total. The zero-order valence-corrected chi connectivity index (χ0v) is 9.45. The van der Waals surface area contributed by atoms with Gasteiger partial charge in [-0.05, 0) is 0 Å². The molecule has 0 aromatic heterocycles. The third-order valence-corrected chi connectivity index (χ3v) is 1.08. The van der Waals surface area contributed by atoms with Crippen LogP contribution in [0, 0.1) is 31.1 Å². The fourth-order valence-corrected chi connectivity index (χ4v) is 0.639. The van der Waals surface area contributed by atoms with Crippen molar-refractivity contribution in [3.63, 3.8) is 0 Å². The molecule has 0 saturated heterocycles. The Balaban J connectivity index is -0.000000177. The van der Waals surface area contributed by atoms with Gasteiger partial charge in [0.2, 0.25) is 0 Å². The average Bonchev–Trinajstić information content (AvgIpc) is 1.90. The molecule has 0 heterocycles. The van der Waals surface area contributed by atoms with E-state index in [1.807, 2.05) is 6.92 Å². The molecule has 0 radical (unpaired) electrons. The molecule has 0 rings (SSSR count). The summed E-state index contributed by atoms with van der Waals surface area (Å²) in [6, 6.07) is 2.09. The van der Waals surface area contributed by atoms with Gasteiger partial charge >= 0.3 is 17.4 Å². The molecule has 1 unspecified atom stereocenters. The fraction of sp³-hybridized carbons (Fsp3) is 0.700. The summed E-state index contributed by atoms with van der Waals surface area (Å²) in [5.74, 6) is 0.352. The van der Waals surface area contributed by atoms with Crippen molar-refractivity contribution in [2.45, 2.75) is 39.5 Å². The molecule has 0 aliphatic carbocycles. The summed E-state index contributed by atoms with van der Waals surface area (Å²) >= 11 is 0. The maximum atomic E-state index is 8.17. The van der Waals surface area contributed by atoms with Gasteiger partial charge in [0.15, 0.2) is 0 Å². The summed E-state index contributed by atoms with van der Waals surface area (Å²) in [5, 5.41) is 8.17. The Morgan fingerprint density at radius 1 is 1.42 bits per heavy atom. The quantitative estimate of drug-likeness (QED) is 0.648. The van der Waals surface area contributed by atoms with Crippen molar-refractivity contribution >= 4 is 0 Å². The SMILES string of the molecule is [CH2-]C(CC#N)CCC.[CH2-]CC.[Cr+2]. The zero-order chi connectivity index (χ0) is 9.11. The fourth-order valence-electron chi connectivity index (χ4n) is 0.639. The molecule has 0 bridgehead atoms. The monoisotopic (exact) mass is 205 g/mol. The Labute approximate surface area is 88.3 Å². The van der Waals surface area contributed by atoms with Crippen LogP contribution in [0.4, 0.5) is 0 Å². The van der Waals surface area contributed by atoms with Crippen molar-refractivity contribution in [1.29, 1.82) is 5.26 Å². The van der Waals surface area contributed by atoms with Crippen molar-refractivity contribution < 1.29 is 17.4 Å². The van der Waals surface area contributed by atoms with Crippen LogP contribution < -0.4 is 0 Å². The Morgan fingerprint density at radius 3 is 2.08 bits per heavy atom. The maximum Gasteiger partial charge on any atom is 2.00 e. The first-order valence-electron chi connectivity index (χ1n) is 4.22. The Morgan fingerprint density at radius 2 is 1.83 bits per heavy atom. The van der Waals surface area contributed by atoms with E-state index in [1.54, 1.807) is 0 Å². The molecule has 0 fully saturated rings. The molecule has 0 amide bonds. The molecule has 0 aliphatic heterocycles. The van der Waals surface area contributed by atoms with Gasteiger partial charge in [-0.25, -0.2) is 0 Å². The van der Waals surface area contributed by atoms with E-state index < -0.39 is 0 Å². The molecule has 0 aromatic rings. The van der Waals surface area contributed by atoms with E-state index in [4.69, 9.17) is 5.26 Å². The van der Waals surface area contributed by atoms with E-state index in [0.717, 1.165) is 19.3 Å². The molecular weight excluding hydrogens is 186 g/mol.